The summed E-state index contributed by atoms with van der Waals surface area (Å²) in [7, 11) is 0. The molecule has 0 unspecified atom stereocenters. The number of H-pyrrole nitrogens is 1. The first kappa shape index (κ1) is 14.1. The predicted molar refractivity (Wildman–Crippen MR) is 48.4 cm³/mol. The standard InChI is InChI=1S/C9H6F5NO3/c10-8(11)7-6(9(12,13)14)4(16)1-3(15-7)2-5(17)18/h1,8H,2H2,(H,15,16)(H,17,18). The van der Waals surface area contributed by atoms with Crippen LogP contribution in [0.1, 0.15) is 23.4 Å². The molecule has 1 heterocycles. The van der Waals surface area contributed by atoms with Crippen LogP contribution in [0.5, 0.6) is 0 Å². The van der Waals surface area contributed by atoms with Gasteiger partial charge in [-0.15, -0.1) is 0 Å². The Morgan fingerprint density at radius 2 is 1.94 bits per heavy atom. The van der Waals surface area contributed by atoms with Crippen LogP contribution in [-0.4, -0.2) is 16.1 Å². The molecule has 1 rings (SSSR count). The number of halogens is 5. The number of hydrogen-bond donors (Lipinski definition) is 2. The van der Waals surface area contributed by atoms with Gasteiger partial charge in [0.05, 0.1) is 12.1 Å². The van der Waals surface area contributed by atoms with Gasteiger partial charge in [-0.1, -0.05) is 0 Å². The predicted octanol–water partition coefficient (Wildman–Crippen LogP) is 1.96. The molecule has 1 aromatic rings. The molecule has 0 amide bonds. The molecule has 0 saturated heterocycles. The minimum Gasteiger partial charge on any atom is -0.481 e. The topological polar surface area (TPSA) is 70.2 Å². The lowest BCUT2D eigenvalue weighted by molar-refractivity contribution is -0.140. The molecule has 0 atom stereocenters. The summed E-state index contributed by atoms with van der Waals surface area (Å²) in [6.07, 6.45) is -9.66. The molecular weight excluding hydrogens is 265 g/mol. The summed E-state index contributed by atoms with van der Waals surface area (Å²) in [4.78, 5) is 23.1. The highest BCUT2D eigenvalue weighted by Gasteiger charge is 2.39. The number of rotatable bonds is 3. The second kappa shape index (κ2) is 4.75. The molecule has 0 spiro atoms. The normalized spacial score (nSPS) is 11.9. The number of nitrogens with one attached hydrogen (secondary N) is 1. The van der Waals surface area contributed by atoms with Crippen molar-refractivity contribution in [3.8, 4) is 0 Å². The Morgan fingerprint density at radius 3 is 2.33 bits per heavy atom. The highest BCUT2D eigenvalue weighted by Crippen LogP contribution is 2.32. The summed E-state index contributed by atoms with van der Waals surface area (Å²) in [5.74, 6) is -1.47. The highest BCUT2D eigenvalue weighted by atomic mass is 19.4. The van der Waals surface area contributed by atoms with Crippen LogP contribution in [-0.2, 0) is 17.4 Å². The van der Waals surface area contributed by atoms with E-state index in [4.69, 9.17) is 5.11 Å². The molecule has 0 aromatic carbocycles. The molecule has 1 aromatic heterocycles. The average molecular weight is 271 g/mol. The Balaban J connectivity index is 3.46. The molecule has 0 bridgehead atoms. The van der Waals surface area contributed by atoms with Crippen LogP contribution in [0.25, 0.3) is 0 Å². The van der Waals surface area contributed by atoms with Crippen molar-refractivity contribution in [3.63, 3.8) is 0 Å². The van der Waals surface area contributed by atoms with Gasteiger partial charge in [0.15, 0.2) is 5.43 Å². The molecule has 9 heteroatoms. The summed E-state index contributed by atoms with van der Waals surface area (Å²) in [5, 5.41) is 8.38. The molecule has 0 aliphatic carbocycles. The number of carbonyl (C=O) groups is 1. The largest absolute Gasteiger partial charge is 0.481 e. The number of aromatic amines is 1. The molecule has 0 aliphatic heterocycles. The van der Waals surface area contributed by atoms with E-state index in [9.17, 15) is 31.5 Å². The van der Waals surface area contributed by atoms with Crippen LogP contribution in [0.2, 0.25) is 0 Å². The lowest BCUT2D eigenvalue weighted by Crippen LogP contribution is -2.24. The lowest BCUT2D eigenvalue weighted by Gasteiger charge is -2.12. The molecule has 0 saturated carbocycles. The van der Waals surface area contributed by atoms with Crippen LogP contribution in [0.15, 0.2) is 10.9 Å². The molecule has 4 nitrogen and oxygen atoms in total. The second-order valence-corrected chi connectivity index (χ2v) is 3.32. The van der Waals surface area contributed by atoms with E-state index >= 15 is 0 Å². The third-order valence-corrected chi connectivity index (χ3v) is 1.96. The Kier molecular flexibility index (Phi) is 3.73. The zero-order valence-corrected chi connectivity index (χ0v) is 8.52. The third kappa shape index (κ3) is 3.05. The van der Waals surface area contributed by atoms with E-state index in [-0.39, 0.29) is 0 Å². The Labute approximate surface area is 96.1 Å². The third-order valence-electron chi connectivity index (χ3n) is 1.96. The molecule has 2 N–H and O–H groups in total. The Morgan fingerprint density at radius 1 is 1.39 bits per heavy atom. The van der Waals surface area contributed by atoms with E-state index in [1.807, 2.05) is 0 Å². The van der Waals surface area contributed by atoms with E-state index in [0.29, 0.717) is 6.07 Å². The maximum Gasteiger partial charge on any atom is 0.422 e. The van der Waals surface area contributed by atoms with E-state index in [1.165, 1.54) is 0 Å². The molecular formula is C9H6F5NO3. The molecule has 100 valence electrons. The van der Waals surface area contributed by atoms with Gasteiger partial charge >= 0.3 is 12.1 Å². The van der Waals surface area contributed by atoms with Crippen molar-refractivity contribution in [2.45, 2.75) is 19.0 Å². The van der Waals surface area contributed by atoms with Crippen molar-refractivity contribution >= 4 is 5.97 Å². The van der Waals surface area contributed by atoms with Gasteiger partial charge in [-0.05, 0) is 0 Å². The molecule has 0 radical (unpaired) electrons. The van der Waals surface area contributed by atoms with Crippen LogP contribution in [0.4, 0.5) is 22.0 Å². The van der Waals surface area contributed by atoms with Crippen molar-refractivity contribution in [2.75, 3.05) is 0 Å². The first-order chi connectivity index (χ1) is 8.12. The Bertz CT molecular complexity index is 520. The van der Waals surface area contributed by atoms with Gasteiger partial charge in [-0.25, -0.2) is 8.78 Å². The first-order valence-corrected chi connectivity index (χ1v) is 4.46. The van der Waals surface area contributed by atoms with E-state index in [2.05, 4.69) is 0 Å². The van der Waals surface area contributed by atoms with Gasteiger partial charge in [0.25, 0.3) is 6.43 Å². The first-order valence-electron chi connectivity index (χ1n) is 4.46. The molecule has 18 heavy (non-hydrogen) atoms. The Hall–Kier alpha value is -1.93. The second-order valence-electron chi connectivity index (χ2n) is 3.32. The SMILES string of the molecule is O=C(O)Cc1cc(=O)c(C(F)(F)F)c(C(F)F)[nH]1. The van der Waals surface area contributed by atoms with Crippen molar-refractivity contribution in [3.05, 3.63) is 33.2 Å². The maximum absolute atomic E-state index is 12.4. The average Bonchev–Trinajstić information content (AvgIpc) is 2.12. The highest BCUT2D eigenvalue weighted by molar-refractivity contribution is 5.69. The number of aromatic nitrogens is 1. The van der Waals surface area contributed by atoms with Gasteiger partial charge in [0.1, 0.15) is 5.56 Å². The maximum atomic E-state index is 12.4. The zero-order valence-electron chi connectivity index (χ0n) is 8.52. The minimum atomic E-state index is -5.24. The summed E-state index contributed by atoms with van der Waals surface area (Å²) in [6, 6.07) is 0.350. The zero-order chi connectivity index (χ0) is 14.1. The summed E-state index contributed by atoms with van der Waals surface area (Å²) < 4.78 is 62.1. The van der Waals surface area contributed by atoms with E-state index < -0.39 is 47.4 Å². The smallest absolute Gasteiger partial charge is 0.422 e. The van der Waals surface area contributed by atoms with Crippen LogP contribution < -0.4 is 5.43 Å². The van der Waals surface area contributed by atoms with Crippen LogP contribution in [0.3, 0.4) is 0 Å². The van der Waals surface area contributed by atoms with Crippen molar-refractivity contribution in [1.29, 1.82) is 0 Å². The van der Waals surface area contributed by atoms with Gasteiger partial charge in [0, 0.05) is 11.8 Å². The van der Waals surface area contributed by atoms with Gasteiger partial charge in [0.2, 0.25) is 0 Å². The van der Waals surface area contributed by atoms with Crippen LogP contribution >= 0.6 is 0 Å². The number of hydrogen-bond acceptors (Lipinski definition) is 2. The fourth-order valence-electron chi connectivity index (χ4n) is 1.35. The van der Waals surface area contributed by atoms with Crippen molar-refractivity contribution in [2.24, 2.45) is 0 Å². The van der Waals surface area contributed by atoms with E-state index in [1.54, 1.807) is 4.98 Å². The number of aliphatic carboxylic acids is 1. The van der Waals surface area contributed by atoms with E-state index in [0.717, 1.165) is 0 Å². The molecule has 0 aliphatic rings. The number of pyridine rings is 1. The van der Waals surface area contributed by atoms with Crippen LogP contribution in [0, 0.1) is 0 Å². The van der Waals surface area contributed by atoms with Crippen molar-refractivity contribution < 1.29 is 31.9 Å². The summed E-state index contributed by atoms with van der Waals surface area (Å²) in [5.41, 5.74) is -5.83. The van der Waals surface area contributed by atoms with Gasteiger partial charge < -0.3 is 10.1 Å². The number of carboxylic acids is 1. The number of carboxylic acid groups (broad SMARTS) is 1. The summed E-state index contributed by atoms with van der Waals surface area (Å²) in [6.45, 7) is 0. The quantitative estimate of drug-likeness (QED) is 0.825. The summed E-state index contributed by atoms with van der Waals surface area (Å²) >= 11 is 0. The lowest BCUT2D eigenvalue weighted by atomic mass is 10.1. The van der Waals surface area contributed by atoms with Gasteiger partial charge in [-0.3, -0.25) is 9.59 Å². The monoisotopic (exact) mass is 271 g/mol. The minimum absolute atomic E-state index is 0.350. The van der Waals surface area contributed by atoms with Crippen molar-refractivity contribution in [1.82, 2.24) is 4.98 Å². The number of alkyl halides is 5. The fourth-order valence-corrected chi connectivity index (χ4v) is 1.35. The van der Waals surface area contributed by atoms with Gasteiger partial charge in [-0.2, -0.15) is 13.2 Å². The fraction of sp³-hybridized carbons (Fsp3) is 0.333. The molecule has 0 fully saturated rings.